The van der Waals surface area contributed by atoms with Crippen LogP contribution in [0.4, 0.5) is 8.78 Å². The first-order chi connectivity index (χ1) is 11.3. The summed E-state index contributed by atoms with van der Waals surface area (Å²) in [5.74, 6) is -0.0215. The summed E-state index contributed by atoms with van der Waals surface area (Å²) in [5, 5.41) is 3.54. The number of esters is 1. The van der Waals surface area contributed by atoms with E-state index in [1.54, 1.807) is 25.1 Å². The number of ether oxygens (including phenoxy) is 2. The molecule has 0 spiro atoms. The van der Waals surface area contributed by atoms with E-state index < -0.39 is 25.0 Å². The van der Waals surface area contributed by atoms with E-state index in [1.165, 1.54) is 0 Å². The van der Waals surface area contributed by atoms with Crippen molar-refractivity contribution in [3.63, 3.8) is 0 Å². The molecule has 0 atom stereocenters. The Labute approximate surface area is 146 Å². The predicted octanol–water partition coefficient (Wildman–Crippen LogP) is 3.85. The van der Waals surface area contributed by atoms with E-state index in [2.05, 4.69) is 5.32 Å². The average molecular weight is 364 g/mol. The molecule has 0 bridgehead atoms. The van der Waals surface area contributed by atoms with Crippen LogP contribution in [0, 0.1) is 0 Å². The van der Waals surface area contributed by atoms with E-state index in [0.717, 1.165) is 5.56 Å². The molecule has 0 heterocycles. The lowest BCUT2D eigenvalue weighted by molar-refractivity contribution is -0.144. The molecule has 24 heavy (non-hydrogen) atoms. The van der Waals surface area contributed by atoms with Gasteiger partial charge in [-0.1, -0.05) is 17.7 Å². The van der Waals surface area contributed by atoms with Crippen LogP contribution in [-0.2, 0) is 16.1 Å². The van der Waals surface area contributed by atoms with E-state index in [0.29, 0.717) is 13.2 Å². The summed E-state index contributed by atoms with van der Waals surface area (Å²) in [5.41, 5.74) is 0.419. The molecule has 4 nitrogen and oxygen atoms in total. The van der Waals surface area contributed by atoms with Gasteiger partial charge in [-0.25, -0.2) is 8.78 Å². The third-order valence-corrected chi connectivity index (χ3v) is 3.59. The molecule has 0 aliphatic rings. The Kier molecular flexibility index (Phi) is 8.42. The number of carbonyl (C=O) groups is 1. The minimum atomic E-state index is -1.14. The fourth-order valence-electron chi connectivity index (χ4n) is 2.01. The van der Waals surface area contributed by atoms with E-state index in [9.17, 15) is 13.6 Å². The lowest BCUT2D eigenvalue weighted by Gasteiger charge is -2.25. The van der Waals surface area contributed by atoms with Gasteiger partial charge < -0.3 is 14.8 Å². The molecule has 1 aromatic carbocycles. The van der Waals surface area contributed by atoms with Crippen molar-refractivity contribution in [3.05, 3.63) is 28.8 Å². The van der Waals surface area contributed by atoms with Gasteiger partial charge in [-0.05, 0) is 38.5 Å². The van der Waals surface area contributed by atoms with Crippen LogP contribution in [-0.4, -0.2) is 37.6 Å². The number of rotatable bonds is 10. The zero-order valence-corrected chi connectivity index (χ0v) is 15.0. The van der Waals surface area contributed by atoms with Gasteiger partial charge in [0, 0.05) is 12.1 Å². The van der Waals surface area contributed by atoms with Gasteiger partial charge >= 0.3 is 5.97 Å². The second-order valence-corrected chi connectivity index (χ2v) is 6.44. The third-order valence-electron chi connectivity index (χ3n) is 3.30. The number of hydrogen-bond donors (Lipinski definition) is 1. The summed E-state index contributed by atoms with van der Waals surface area (Å²) in [6, 6.07) is 5.00. The Morgan fingerprint density at radius 2 is 2.00 bits per heavy atom. The maximum Gasteiger partial charge on any atom is 0.307 e. The van der Waals surface area contributed by atoms with Gasteiger partial charge in [0.1, 0.15) is 19.1 Å². The molecule has 136 valence electrons. The van der Waals surface area contributed by atoms with E-state index in [1.807, 2.05) is 13.8 Å². The molecular formula is C17H24ClF2NO3. The number of alkyl halides is 2. The zero-order valence-electron chi connectivity index (χ0n) is 14.2. The lowest BCUT2D eigenvalue weighted by Crippen LogP contribution is -2.41. The fourth-order valence-corrected chi connectivity index (χ4v) is 2.26. The Hall–Kier alpha value is -1.40. The first-order valence-electron chi connectivity index (χ1n) is 7.79. The number of hydrogen-bond acceptors (Lipinski definition) is 4. The second-order valence-electron chi connectivity index (χ2n) is 6.03. The molecule has 1 aromatic rings. The molecule has 0 radical (unpaired) electrons. The van der Waals surface area contributed by atoms with Gasteiger partial charge in [0.15, 0.2) is 6.10 Å². The van der Waals surface area contributed by atoms with E-state index >= 15 is 0 Å². The molecule has 0 saturated carbocycles. The van der Waals surface area contributed by atoms with Gasteiger partial charge in [-0.2, -0.15) is 0 Å². The molecule has 1 N–H and O–H groups in total. The Morgan fingerprint density at radius 3 is 2.54 bits per heavy atom. The molecule has 0 unspecified atom stereocenters. The number of halogens is 3. The fraction of sp³-hybridized carbons (Fsp3) is 0.588. The van der Waals surface area contributed by atoms with Crippen molar-refractivity contribution in [2.75, 3.05) is 20.0 Å². The highest BCUT2D eigenvalue weighted by molar-refractivity contribution is 6.32. The minimum absolute atomic E-state index is 0.241. The highest BCUT2D eigenvalue weighted by atomic mass is 35.5. The van der Waals surface area contributed by atoms with Crippen LogP contribution in [0.15, 0.2) is 18.2 Å². The second kappa shape index (κ2) is 9.79. The standard InChI is InChI=1S/C17H24ClF2NO3/c1-4-23-16(22)8-17(2,3)21-11-12-5-6-15(14(18)7-12)24-13(9-19)10-20/h5-7,13,21H,4,8-11H2,1-3H3. The summed E-state index contributed by atoms with van der Waals surface area (Å²) in [7, 11) is 0. The van der Waals surface area contributed by atoms with Gasteiger partial charge in [-0.3, -0.25) is 4.79 Å². The zero-order chi connectivity index (χ0) is 18.2. The molecular weight excluding hydrogens is 340 g/mol. The smallest absolute Gasteiger partial charge is 0.307 e. The summed E-state index contributed by atoms with van der Waals surface area (Å²) in [6.45, 7) is 4.55. The van der Waals surface area contributed by atoms with E-state index in [4.69, 9.17) is 21.1 Å². The lowest BCUT2D eigenvalue weighted by atomic mass is 10.0. The van der Waals surface area contributed by atoms with Crippen molar-refractivity contribution in [2.45, 2.75) is 45.4 Å². The van der Waals surface area contributed by atoms with Gasteiger partial charge in [0.25, 0.3) is 0 Å². The van der Waals surface area contributed by atoms with Crippen molar-refractivity contribution >= 4 is 17.6 Å². The molecule has 0 amide bonds. The number of nitrogens with one attached hydrogen (secondary N) is 1. The van der Waals surface area contributed by atoms with Crippen molar-refractivity contribution in [1.82, 2.24) is 5.32 Å². The largest absolute Gasteiger partial charge is 0.483 e. The predicted molar refractivity (Wildman–Crippen MR) is 90.0 cm³/mol. The monoisotopic (exact) mass is 363 g/mol. The highest BCUT2D eigenvalue weighted by Gasteiger charge is 2.22. The Bertz CT molecular complexity index is 537. The van der Waals surface area contributed by atoms with Crippen LogP contribution >= 0.6 is 11.6 Å². The SMILES string of the molecule is CCOC(=O)CC(C)(C)NCc1ccc(OC(CF)CF)c(Cl)c1. The first-order valence-corrected chi connectivity index (χ1v) is 8.16. The number of benzene rings is 1. The van der Waals surface area contributed by atoms with Gasteiger partial charge in [-0.15, -0.1) is 0 Å². The topological polar surface area (TPSA) is 47.6 Å². The molecule has 0 aliphatic heterocycles. The average Bonchev–Trinajstić information content (AvgIpc) is 2.52. The van der Waals surface area contributed by atoms with Crippen LogP contribution in [0.2, 0.25) is 5.02 Å². The van der Waals surface area contributed by atoms with Crippen molar-refractivity contribution < 1.29 is 23.0 Å². The molecule has 0 saturated heterocycles. The van der Waals surface area contributed by atoms with Crippen LogP contribution in [0.25, 0.3) is 0 Å². The molecule has 0 aromatic heterocycles. The number of carbonyl (C=O) groups excluding carboxylic acids is 1. The van der Waals surface area contributed by atoms with Crippen LogP contribution in [0.5, 0.6) is 5.75 Å². The molecule has 7 heteroatoms. The maximum absolute atomic E-state index is 12.5. The van der Waals surface area contributed by atoms with Crippen molar-refractivity contribution in [2.24, 2.45) is 0 Å². The molecule has 0 aliphatic carbocycles. The maximum atomic E-state index is 12.5. The minimum Gasteiger partial charge on any atom is -0.483 e. The van der Waals surface area contributed by atoms with Crippen LogP contribution < -0.4 is 10.1 Å². The third kappa shape index (κ3) is 7.01. The van der Waals surface area contributed by atoms with Crippen molar-refractivity contribution in [1.29, 1.82) is 0 Å². The molecule has 0 fully saturated rings. The quantitative estimate of drug-likeness (QED) is 0.641. The van der Waals surface area contributed by atoms with E-state index in [-0.39, 0.29) is 23.2 Å². The summed E-state index contributed by atoms with van der Waals surface area (Å²) < 4.78 is 35.1. The Balaban J connectivity index is 2.63. The van der Waals surface area contributed by atoms with Gasteiger partial charge in [0.05, 0.1) is 18.1 Å². The first kappa shape index (κ1) is 20.6. The summed E-state index contributed by atoms with van der Waals surface area (Å²) >= 11 is 6.09. The normalized spacial score (nSPS) is 11.6. The highest BCUT2D eigenvalue weighted by Crippen LogP contribution is 2.27. The summed E-state index contributed by atoms with van der Waals surface area (Å²) in [4.78, 5) is 11.6. The molecule has 1 rings (SSSR count). The van der Waals surface area contributed by atoms with Gasteiger partial charge in [0.2, 0.25) is 0 Å². The van der Waals surface area contributed by atoms with Crippen LogP contribution in [0.1, 0.15) is 32.8 Å². The Morgan fingerprint density at radius 1 is 1.33 bits per heavy atom. The summed E-state index contributed by atoms with van der Waals surface area (Å²) in [6.07, 6.45) is -0.903. The van der Waals surface area contributed by atoms with Crippen molar-refractivity contribution in [3.8, 4) is 5.75 Å². The van der Waals surface area contributed by atoms with Crippen LogP contribution in [0.3, 0.4) is 0 Å².